The van der Waals surface area contributed by atoms with Crippen molar-refractivity contribution in [1.82, 2.24) is 0 Å². The fourth-order valence-electron chi connectivity index (χ4n) is 2.19. The van der Waals surface area contributed by atoms with Crippen molar-refractivity contribution in [1.29, 1.82) is 0 Å². The Labute approximate surface area is 130 Å². The zero-order valence-electron chi connectivity index (χ0n) is 11.2. The van der Waals surface area contributed by atoms with Gasteiger partial charge >= 0.3 is 5.69 Å². The standard InChI is InChI=1S/C12H14BrNO6S/c1-7(15)10-4-8(13)5-11(14(16)17)12(10)20-9-2-3-21(18,19)6-9/h4-5,7,9,15H,2-3,6H2,1H3/t7-,9?/m0/s1. The van der Waals surface area contributed by atoms with E-state index in [0.29, 0.717) is 4.47 Å². The molecule has 7 nitrogen and oxygen atoms in total. The van der Waals surface area contributed by atoms with Gasteiger partial charge in [0.1, 0.15) is 6.10 Å². The smallest absolute Gasteiger partial charge is 0.312 e. The highest BCUT2D eigenvalue weighted by Crippen LogP contribution is 2.39. The van der Waals surface area contributed by atoms with Gasteiger partial charge in [0.15, 0.2) is 9.84 Å². The number of nitrogens with zero attached hydrogens (tertiary/aromatic N) is 1. The summed E-state index contributed by atoms with van der Waals surface area (Å²) in [6, 6.07) is 2.79. The van der Waals surface area contributed by atoms with E-state index in [1.807, 2.05) is 0 Å². The number of rotatable bonds is 4. The number of hydrogen-bond donors (Lipinski definition) is 1. The molecule has 9 heteroatoms. The van der Waals surface area contributed by atoms with Crippen LogP contribution in [0.25, 0.3) is 0 Å². The van der Waals surface area contributed by atoms with Gasteiger partial charge < -0.3 is 9.84 Å². The lowest BCUT2D eigenvalue weighted by atomic mass is 10.1. The van der Waals surface area contributed by atoms with Crippen molar-refractivity contribution in [2.24, 2.45) is 0 Å². The molecule has 1 aliphatic heterocycles. The van der Waals surface area contributed by atoms with Crippen LogP contribution >= 0.6 is 15.9 Å². The van der Waals surface area contributed by atoms with Gasteiger partial charge in [0, 0.05) is 16.1 Å². The molecule has 1 aliphatic rings. The summed E-state index contributed by atoms with van der Waals surface area (Å²) in [5.41, 5.74) is -0.0510. The Bertz CT molecular complexity index is 673. The van der Waals surface area contributed by atoms with Gasteiger partial charge in [-0.1, -0.05) is 15.9 Å². The summed E-state index contributed by atoms with van der Waals surface area (Å²) < 4.78 is 28.9. The minimum atomic E-state index is -3.16. The predicted molar refractivity (Wildman–Crippen MR) is 79.1 cm³/mol. The summed E-state index contributed by atoms with van der Waals surface area (Å²) in [6.45, 7) is 1.46. The average Bonchev–Trinajstić information content (AvgIpc) is 2.69. The second-order valence-electron chi connectivity index (χ2n) is 4.92. The third-order valence-corrected chi connectivity index (χ3v) is 5.38. The van der Waals surface area contributed by atoms with Crippen LogP contribution < -0.4 is 4.74 Å². The van der Waals surface area contributed by atoms with Crippen LogP contribution in [0.3, 0.4) is 0 Å². The van der Waals surface area contributed by atoms with E-state index in [-0.39, 0.29) is 34.9 Å². The largest absolute Gasteiger partial charge is 0.482 e. The van der Waals surface area contributed by atoms with Gasteiger partial charge in [-0.2, -0.15) is 0 Å². The molecule has 1 fully saturated rings. The Morgan fingerprint density at radius 2 is 2.19 bits per heavy atom. The van der Waals surface area contributed by atoms with Crippen molar-refractivity contribution in [3.8, 4) is 5.75 Å². The van der Waals surface area contributed by atoms with Gasteiger partial charge in [0.05, 0.1) is 22.5 Å². The van der Waals surface area contributed by atoms with Crippen LogP contribution in [0.2, 0.25) is 0 Å². The molecule has 1 aromatic rings. The average molecular weight is 380 g/mol. The van der Waals surface area contributed by atoms with Crippen LogP contribution in [-0.2, 0) is 9.84 Å². The van der Waals surface area contributed by atoms with Crippen LogP contribution in [0.5, 0.6) is 5.75 Å². The van der Waals surface area contributed by atoms with Crippen LogP contribution in [0.15, 0.2) is 16.6 Å². The summed E-state index contributed by atoms with van der Waals surface area (Å²) >= 11 is 3.15. The molecule has 1 heterocycles. The summed E-state index contributed by atoms with van der Waals surface area (Å²) in [5, 5.41) is 20.9. The summed E-state index contributed by atoms with van der Waals surface area (Å²) in [6.07, 6.45) is -1.32. The molecule has 0 radical (unpaired) electrons. The highest BCUT2D eigenvalue weighted by molar-refractivity contribution is 9.10. The molecule has 0 saturated carbocycles. The molecule has 116 valence electrons. The van der Waals surface area contributed by atoms with Gasteiger partial charge in [0.2, 0.25) is 5.75 Å². The number of ether oxygens (including phenoxy) is 1. The van der Waals surface area contributed by atoms with Crippen LogP contribution in [-0.4, -0.2) is 36.1 Å². The Morgan fingerprint density at radius 1 is 1.52 bits per heavy atom. The van der Waals surface area contributed by atoms with Crippen molar-refractivity contribution in [3.63, 3.8) is 0 Å². The Kier molecular flexibility index (Phi) is 4.54. The third-order valence-electron chi connectivity index (χ3n) is 3.18. The number of aliphatic hydroxyl groups excluding tert-OH is 1. The maximum Gasteiger partial charge on any atom is 0.312 e. The molecule has 0 aromatic heterocycles. The van der Waals surface area contributed by atoms with E-state index in [1.54, 1.807) is 0 Å². The van der Waals surface area contributed by atoms with Gasteiger partial charge in [-0.15, -0.1) is 0 Å². The van der Waals surface area contributed by atoms with Gasteiger partial charge in [-0.3, -0.25) is 10.1 Å². The number of halogens is 1. The van der Waals surface area contributed by atoms with E-state index in [4.69, 9.17) is 4.74 Å². The normalized spacial score (nSPS) is 22.0. The number of aliphatic hydroxyl groups is 1. The van der Waals surface area contributed by atoms with Gasteiger partial charge in [-0.25, -0.2) is 8.42 Å². The molecule has 1 unspecified atom stereocenters. The zero-order valence-corrected chi connectivity index (χ0v) is 13.6. The molecule has 2 atom stereocenters. The number of hydrogen-bond acceptors (Lipinski definition) is 6. The monoisotopic (exact) mass is 379 g/mol. The first-order chi connectivity index (χ1) is 9.69. The highest BCUT2D eigenvalue weighted by atomic mass is 79.9. The lowest BCUT2D eigenvalue weighted by molar-refractivity contribution is -0.386. The quantitative estimate of drug-likeness (QED) is 0.632. The topological polar surface area (TPSA) is 107 Å². The maximum atomic E-state index is 11.5. The Morgan fingerprint density at radius 3 is 2.67 bits per heavy atom. The van der Waals surface area contributed by atoms with Crippen molar-refractivity contribution in [2.45, 2.75) is 25.6 Å². The zero-order chi connectivity index (χ0) is 15.8. The van der Waals surface area contributed by atoms with E-state index in [0.717, 1.165) is 0 Å². The van der Waals surface area contributed by atoms with Crippen molar-refractivity contribution in [2.75, 3.05) is 11.5 Å². The SMILES string of the molecule is C[C@H](O)c1cc(Br)cc([N+](=O)[O-])c1OC1CCS(=O)(=O)C1. The van der Waals surface area contributed by atoms with Crippen LogP contribution in [0, 0.1) is 10.1 Å². The first-order valence-corrected chi connectivity index (χ1v) is 8.84. The molecule has 1 saturated heterocycles. The fraction of sp³-hybridized carbons (Fsp3) is 0.500. The molecule has 0 bridgehead atoms. The van der Waals surface area contributed by atoms with Crippen molar-refractivity contribution >= 4 is 31.5 Å². The third kappa shape index (κ3) is 3.72. The van der Waals surface area contributed by atoms with Crippen LogP contribution in [0.1, 0.15) is 25.0 Å². The van der Waals surface area contributed by atoms with Gasteiger partial charge in [0.25, 0.3) is 0 Å². The molecule has 0 aliphatic carbocycles. The van der Waals surface area contributed by atoms with E-state index in [9.17, 15) is 23.6 Å². The fourth-order valence-corrected chi connectivity index (χ4v) is 4.25. The van der Waals surface area contributed by atoms with Crippen molar-refractivity contribution < 1.29 is 23.2 Å². The number of sulfone groups is 1. The first kappa shape index (κ1) is 16.2. The van der Waals surface area contributed by atoms with E-state index in [2.05, 4.69) is 15.9 Å². The summed E-state index contributed by atoms with van der Waals surface area (Å²) in [5.74, 6) is -0.230. The van der Waals surface area contributed by atoms with Gasteiger partial charge in [-0.05, 0) is 19.4 Å². The molecule has 2 rings (SSSR count). The minimum absolute atomic E-state index is 0.00596. The maximum absolute atomic E-state index is 11.5. The Hall–Kier alpha value is -1.19. The Balaban J connectivity index is 2.43. The van der Waals surface area contributed by atoms with E-state index >= 15 is 0 Å². The molecule has 21 heavy (non-hydrogen) atoms. The molecular formula is C12H14BrNO6S. The summed E-state index contributed by atoms with van der Waals surface area (Å²) in [4.78, 5) is 10.5. The van der Waals surface area contributed by atoms with E-state index < -0.39 is 27.0 Å². The lowest BCUT2D eigenvalue weighted by Gasteiger charge is -2.17. The number of nitro benzene ring substituents is 1. The molecular weight excluding hydrogens is 366 g/mol. The molecule has 0 amide bonds. The minimum Gasteiger partial charge on any atom is -0.482 e. The lowest BCUT2D eigenvalue weighted by Crippen LogP contribution is -2.19. The molecule has 0 spiro atoms. The molecule has 1 N–H and O–H groups in total. The van der Waals surface area contributed by atoms with Crippen molar-refractivity contribution in [3.05, 3.63) is 32.3 Å². The second kappa shape index (κ2) is 5.90. The van der Waals surface area contributed by atoms with E-state index in [1.165, 1.54) is 19.1 Å². The van der Waals surface area contributed by atoms with Crippen LogP contribution in [0.4, 0.5) is 5.69 Å². The highest BCUT2D eigenvalue weighted by Gasteiger charge is 2.33. The predicted octanol–water partition coefficient (Wildman–Crippen LogP) is 1.98. The molecule has 1 aromatic carbocycles. The second-order valence-corrected chi connectivity index (χ2v) is 8.06. The summed E-state index contributed by atoms with van der Waals surface area (Å²) in [7, 11) is -3.16. The number of nitro groups is 1. The first-order valence-electron chi connectivity index (χ1n) is 6.22. The number of benzene rings is 1.